The quantitative estimate of drug-likeness (QED) is 0.864. The van der Waals surface area contributed by atoms with Crippen molar-refractivity contribution in [2.75, 3.05) is 30.9 Å². The molecule has 0 amide bonds. The van der Waals surface area contributed by atoms with E-state index in [2.05, 4.69) is 22.4 Å². The summed E-state index contributed by atoms with van der Waals surface area (Å²) in [7, 11) is 3.96. The number of anilines is 2. The maximum Gasteiger partial charge on any atom is 0.112 e. The number of aromatic amines is 1. The third-order valence-corrected chi connectivity index (χ3v) is 4.06. The third kappa shape index (κ3) is 2.28. The van der Waals surface area contributed by atoms with Crippen LogP contribution < -0.4 is 10.2 Å². The normalized spacial score (nSPS) is 13.5. The number of hydrogen-bond acceptors (Lipinski definition) is 2. The first kappa shape index (κ1) is 13.4. The fourth-order valence-corrected chi connectivity index (χ4v) is 2.91. The van der Waals surface area contributed by atoms with Crippen LogP contribution >= 0.6 is 23.2 Å². The average Bonchev–Trinajstić information content (AvgIpc) is 2.79. The number of hydrogen-bond donors (Lipinski definition) is 2. The van der Waals surface area contributed by atoms with Crippen LogP contribution in [0.15, 0.2) is 24.4 Å². The molecule has 3 nitrogen and oxygen atoms in total. The van der Waals surface area contributed by atoms with E-state index in [0.29, 0.717) is 0 Å². The van der Waals surface area contributed by atoms with Gasteiger partial charge in [-0.25, -0.2) is 0 Å². The lowest BCUT2D eigenvalue weighted by Crippen LogP contribution is -2.11. The highest BCUT2D eigenvalue weighted by molar-refractivity contribution is 6.34. The summed E-state index contributed by atoms with van der Waals surface area (Å²) in [6, 6.07) is 6.11. The predicted octanol–water partition coefficient (Wildman–Crippen LogP) is 4.35. The van der Waals surface area contributed by atoms with Gasteiger partial charge in [0.05, 0.1) is 15.7 Å². The summed E-state index contributed by atoms with van der Waals surface area (Å²) < 4.78 is 0. The second-order valence-corrected chi connectivity index (χ2v) is 5.82. The van der Waals surface area contributed by atoms with Gasteiger partial charge in [0.25, 0.3) is 0 Å². The van der Waals surface area contributed by atoms with E-state index in [4.69, 9.17) is 23.2 Å². The molecule has 1 aromatic carbocycles. The molecule has 2 heterocycles. The molecule has 0 saturated carbocycles. The highest BCUT2D eigenvalue weighted by Crippen LogP contribution is 2.34. The predicted molar refractivity (Wildman–Crippen MR) is 87.9 cm³/mol. The van der Waals surface area contributed by atoms with Gasteiger partial charge in [0.2, 0.25) is 0 Å². The van der Waals surface area contributed by atoms with Crippen LogP contribution in [-0.2, 0) is 0 Å². The monoisotopic (exact) mass is 307 g/mol. The first-order chi connectivity index (χ1) is 9.56. The van der Waals surface area contributed by atoms with Crippen LogP contribution in [0.1, 0.15) is 11.1 Å². The van der Waals surface area contributed by atoms with E-state index in [9.17, 15) is 0 Å². The van der Waals surface area contributed by atoms with E-state index in [1.54, 1.807) is 6.20 Å². The largest absolute Gasteiger partial charge is 0.376 e. The molecule has 0 unspecified atom stereocenters. The SMILES string of the molecule is CN(C)c1ccc(C2=Cc3c(Cl)c[nH]c3NC2)cc1Cl. The fourth-order valence-electron chi connectivity index (χ4n) is 2.36. The van der Waals surface area contributed by atoms with Crippen molar-refractivity contribution in [3.63, 3.8) is 0 Å². The number of nitrogens with zero attached hydrogens (tertiary/aromatic N) is 1. The van der Waals surface area contributed by atoms with Gasteiger partial charge in [-0.15, -0.1) is 0 Å². The number of aromatic nitrogens is 1. The topological polar surface area (TPSA) is 31.1 Å². The molecule has 2 N–H and O–H groups in total. The van der Waals surface area contributed by atoms with Crippen molar-refractivity contribution >= 4 is 46.4 Å². The van der Waals surface area contributed by atoms with E-state index in [0.717, 1.165) is 39.2 Å². The number of rotatable bonds is 2. The smallest absolute Gasteiger partial charge is 0.112 e. The molecule has 5 heteroatoms. The minimum atomic E-state index is 0.723. The Bertz CT molecular complexity index is 686. The van der Waals surface area contributed by atoms with Crippen LogP contribution in [0.2, 0.25) is 10.0 Å². The highest BCUT2D eigenvalue weighted by atomic mass is 35.5. The average molecular weight is 308 g/mol. The van der Waals surface area contributed by atoms with Crippen molar-refractivity contribution in [3.05, 3.63) is 45.6 Å². The second kappa shape index (κ2) is 5.08. The minimum Gasteiger partial charge on any atom is -0.376 e. The Balaban J connectivity index is 2.01. The number of benzene rings is 1. The van der Waals surface area contributed by atoms with Gasteiger partial charge in [-0.1, -0.05) is 29.3 Å². The summed E-state index contributed by atoms with van der Waals surface area (Å²) >= 11 is 12.5. The Labute approximate surface area is 128 Å². The second-order valence-electron chi connectivity index (χ2n) is 5.01. The van der Waals surface area contributed by atoms with Crippen LogP contribution in [0.3, 0.4) is 0 Å². The molecule has 0 fully saturated rings. The number of halogens is 2. The van der Waals surface area contributed by atoms with Crippen LogP contribution in [0.5, 0.6) is 0 Å². The number of H-pyrrole nitrogens is 1. The van der Waals surface area contributed by atoms with Crippen LogP contribution in [0.25, 0.3) is 11.6 Å². The van der Waals surface area contributed by atoms with Crippen LogP contribution in [0, 0.1) is 0 Å². The maximum atomic E-state index is 6.33. The van der Waals surface area contributed by atoms with Gasteiger partial charge in [-0.05, 0) is 29.3 Å². The van der Waals surface area contributed by atoms with Gasteiger partial charge in [0.1, 0.15) is 5.82 Å². The Morgan fingerprint density at radius 1 is 1.15 bits per heavy atom. The molecule has 0 saturated heterocycles. The molecule has 1 aliphatic heterocycles. The lowest BCUT2D eigenvalue weighted by Gasteiger charge is -2.19. The lowest BCUT2D eigenvalue weighted by atomic mass is 10.0. The van der Waals surface area contributed by atoms with E-state index in [-0.39, 0.29) is 0 Å². The van der Waals surface area contributed by atoms with Gasteiger partial charge < -0.3 is 15.2 Å². The van der Waals surface area contributed by atoms with Gasteiger partial charge in [-0.2, -0.15) is 0 Å². The first-order valence-corrected chi connectivity index (χ1v) is 7.10. The first-order valence-electron chi connectivity index (χ1n) is 6.35. The van der Waals surface area contributed by atoms with Crippen LogP contribution in [-0.4, -0.2) is 25.6 Å². The van der Waals surface area contributed by atoms with Crippen LogP contribution in [0.4, 0.5) is 11.5 Å². The zero-order valence-electron chi connectivity index (χ0n) is 11.3. The fraction of sp³-hybridized carbons (Fsp3) is 0.200. The summed E-state index contributed by atoms with van der Waals surface area (Å²) in [6.07, 6.45) is 3.90. The molecule has 20 heavy (non-hydrogen) atoms. The molecule has 1 aromatic heterocycles. The molecule has 3 rings (SSSR count). The van der Waals surface area contributed by atoms with Crippen molar-refractivity contribution in [2.45, 2.75) is 0 Å². The van der Waals surface area contributed by atoms with Crippen molar-refractivity contribution in [1.82, 2.24) is 4.98 Å². The molecule has 2 aromatic rings. The van der Waals surface area contributed by atoms with Gasteiger partial charge in [-0.3, -0.25) is 0 Å². The van der Waals surface area contributed by atoms with E-state index in [1.807, 2.05) is 31.1 Å². The van der Waals surface area contributed by atoms with Gasteiger partial charge in [0, 0.05) is 32.4 Å². The zero-order chi connectivity index (χ0) is 14.3. The molecule has 1 aliphatic rings. The Morgan fingerprint density at radius 3 is 2.65 bits per heavy atom. The maximum absolute atomic E-state index is 6.33. The summed E-state index contributed by atoms with van der Waals surface area (Å²) in [5, 5.41) is 4.80. The minimum absolute atomic E-state index is 0.723. The summed E-state index contributed by atoms with van der Waals surface area (Å²) in [6.45, 7) is 0.751. The highest BCUT2D eigenvalue weighted by Gasteiger charge is 2.16. The number of fused-ring (bicyclic) bond motifs is 1. The van der Waals surface area contributed by atoms with Crippen molar-refractivity contribution < 1.29 is 0 Å². The lowest BCUT2D eigenvalue weighted by molar-refractivity contribution is 1.13. The van der Waals surface area contributed by atoms with E-state index < -0.39 is 0 Å². The van der Waals surface area contributed by atoms with Crippen molar-refractivity contribution in [1.29, 1.82) is 0 Å². The molecular formula is C15H15Cl2N3. The van der Waals surface area contributed by atoms with Crippen molar-refractivity contribution in [3.8, 4) is 0 Å². The molecule has 104 valence electrons. The third-order valence-electron chi connectivity index (χ3n) is 3.44. The molecule has 0 spiro atoms. The summed E-state index contributed by atoms with van der Waals surface area (Å²) in [5.41, 5.74) is 4.29. The molecular weight excluding hydrogens is 293 g/mol. The Kier molecular flexibility index (Phi) is 3.40. The molecule has 0 bridgehead atoms. The van der Waals surface area contributed by atoms with E-state index in [1.165, 1.54) is 5.57 Å². The van der Waals surface area contributed by atoms with E-state index >= 15 is 0 Å². The molecule has 0 atom stereocenters. The zero-order valence-corrected chi connectivity index (χ0v) is 12.8. The standard InChI is InChI=1S/C15H15Cl2N3/c1-20(2)14-4-3-9(6-12(14)16)10-5-11-13(17)8-19-15(11)18-7-10/h3-6,8,18-19H,7H2,1-2H3. The molecule has 0 radical (unpaired) electrons. The van der Waals surface area contributed by atoms with Gasteiger partial charge >= 0.3 is 0 Å². The Morgan fingerprint density at radius 2 is 1.95 bits per heavy atom. The molecule has 0 aliphatic carbocycles. The summed E-state index contributed by atoms with van der Waals surface area (Å²) in [4.78, 5) is 5.11. The van der Waals surface area contributed by atoms with Crippen molar-refractivity contribution in [2.24, 2.45) is 0 Å². The summed E-state index contributed by atoms with van der Waals surface area (Å²) in [5.74, 6) is 0.967. The van der Waals surface area contributed by atoms with Gasteiger partial charge in [0.15, 0.2) is 0 Å². The number of nitrogens with one attached hydrogen (secondary N) is 2. The Hall–Kier alpha value is -1.58.